The van der Waals surface area contributed by atoms with Crippen LogP contribution in [0.1, 0.15) is 5.89 Å². The molecule has 1 heterocycles. The predicted molar refractivity (Wildman–Crippen MR) is 96.4 cm³/mol. The molecule has 7 nitrogen and oxygen atoms in total. The smallest absolute Gasteiger partial charge is 0.243 e. The van der Waals surface area contributed by atoms with Crippen molar-refractivity contribution in [2.75, 3.05) is 14.2 Å². The van der Waals surface area contributed by atoms with E-state index in [-0.39, 0.29) is 17.3 Å². The maximum atomic E-state index is 12.6. The lowest BCUT2D eigenvalue weighted by Crippen LogP contribution is -2.26. The summed E-state index contributed by atoms with van der Waals surface area (Å²) in [6, 6.07) is 13.1. The normalized spacial score (nSPS) is 11.7. The summed E-state index contributed by atoms with van der Waals surface area (Å²) < 4.78 is 36.7. The lowest BCUT2D eigenvalue weighted by Gasteiger charge is -2.14. The van der Waals surface area contributed by atoms with Gasteiger partial charge in [-0.2, -0.15) is 9.29 Å². The largest absolute Gasteiger partial charge is 0.497 e. The highest BCUT2D eigenvalue weighted by atomic mass is 35.5. The number of nitrogens with zero attached hydrogens (tertiary/aromatic N) is 3. The zero-order chi connectivity index (χ0) is 18.7. The maximum Gasteiger partial charge on any atom is 0.243 e. The van der Waals surface area contributed by atoms with E-state index >= 15 is 0 Å². The van der Waals surface area contributed by atoms with Crippen LogP contribution in [0.3, 0.4) is 0 Å². The van der Waals surface area contributed by atoms with Crippen molar-refractivity contribution in [3.8, 4) is 17.1 Å². The number of rotatable bonds is 6. The molecule has 0 saturated heterocycles. The number of methoxy groups -OCH3 is 1. The average molecular weight is 394 g/mol. The third-order valence-corrected chi connectivity index (χ3v) is 5.75. The fourth-order valence-corrected chi connectivity index (χ4v) is 3.51. The Morgan fingerprint density at radius 1 is 1.19 bits per heavy atom. The Kier molecular flexibility index (Phi) is 5.26. The van der Waals surface area contributed by atoms with E-state index < -0.39 is 10.0 Å². The minimum absolute atomic E-state index is 0.0536. The molecule has 0 atom stereocenters. The molecular formula is C17H16ClN3O4S. The molecule has 0 bridgehead atoms. The molecule has 0 aliphatic carbocycles. The second-order valence-electron chi connectivity index (χ2n) is 5.46. The molecule has 0 unspecified atom stereocenters. The quantitative estimate of drug-likeness (QED) is 0.639. The van der Waals surface area contributed by atoms with Crippen molar-refractivity contribution in [1.29, 1.82) is 0 Å². The molecule has 0 fully saturated rings. The Labute approximate surface area is 156 Å². The van der Waals surface area contributed by atoms with Gasteiger partial charge >= 0.3 is 0 Å². The Morgan fingerprint density at radius 3 is 2.62 bits per heavy atom. The van der Waals surface area contributed by atoms with E-state index in [0.29, 0.717) is 22.2 Å². The maximum absolute atomic E-state index is 12.6. The Bertz CT molecular complexity index is 1000. The van der Waals surface area contributed by atoms with Crippen molar-refractivity contribution in [2.24, 2.45) is 0 Å². The van der Waals surface area contributed by atoms with E-state index in [9.17, 15) is 8.42 Å². The second-order valence-corrected chi connectivity index (χ2v) is 7.94. The van der Waals surface area contributed by atoms with Crippen LogP contribution in [0.2, 0.25) is 5.02 Å². The first-order valence-electron chi connectivity index (χ1n) is 7.59. The van der Waals surface area contributed by atoms with Crippen LogP contribution in [-0.4, -0.2) is 37.0 Å². The van der Waals surface area contributed by atoms with Crippen LogP contribution in [0.5, 0.6) is 5.75 Å². The lowest BCUT2D eigenvalue weighted by atomic mass is 10.2. The van der Waals surface area contributed by atoms with Crippen molar-refractivity contribution in [1.82, 2.24) is 14.4 Å². The van der Waals surface area contributed by atoms with Gasteiger partial charge in [0.15, 0.2) is 0 Å². The number of ether oxygens (including phenoxy) is 1. The van der Waals surface area contributed by atoms with Crippen LogP contribution < -0.4 is 4.74 Å². The first-order valence-corrected chi connectivity index (χ1v) is 9.41. The van der Waals surface area contributed by atoms with Gasteiger partial charge in [-0.25, -0.2) is 8.42 Å². The third kappa shape index (κ3) is 3.87. The number of sulfonamides is 1. The van der Waals surface area contributed by atoms with Gasteiger partial charge in [0.25, 0.3) is 0 Å². The molecule has 0 spiro atoms. The summed E-state index contributed by atoms with van der Waals surface area (Å²) in [5, 5.41) is 4.36. The number of halogens is 1. The molecule has 2 aromatic carbocycles. The van der Waals surface area contributed by atoms with Crippen LogP contribution >= 0.6 is 11.6 Å². The molecule has 3 aromatic rings. The molecule has 0 amide bonds. The zero-order valence-electron chi connectivity index (χ0n) is 14.1. The summed E-state index contributed by atoms with van der Waals surface area (Å²) >= 11 is 5.80. The van der Waals surface area contributed by atoms with Crippen LogP contribution in [0.25, 0.3) is 11.4 Å². The van der Waals surface area contributed by atoms with Gasteiger partial charge in [0.1, 0.15) is 5.75 Å². The van der Waals surface area contributed by atoms with Gasteiger partial charge in [-0.15, -0.1) is 0 Å². The van der Waals surface area contributed by atoms with Crippen molar-refractivity contribution < 1.29 is 17.7 Å². The Balaban J connectivity index is 1.79. The molecule has 0 N–H and O–H groups in total. The van der Waals surface area contributed by atoms with Gasteiger partial charge in [-0.3, -0.25) is 0 Å². The predicted octanol–water partition coefficient (Wildman–Crippen LogP) is 3.22. The second kappa shape index (κ2) is 7.45. The molecule has 0 aliphatic heterocycles. The molecule has 136 valence electrons. The summed E-state index contributed by atoms with van der Waals surface area (Å²) in [5.74, 6) is 1.20. The summed E-state index contributed by atoms with van der Waals surface area (Å²) in [6.07, 6.45) is 0. The number of hydrogen-bond acceptors (Lipinski definition) is 6. The summed E-state index contributed by atoms with van der Waals surface area (Å²) in [4.78, 5) is 4.39. The van der Waals surface area contributed by atoms with E-state index in [1.165, 1.54) is 31.3 Å². The van der Waals surface area contributed by atoms with Crippen molar-refractivity contribution >= 4 is 21.6 Å². The molecule has 26 heavy (non-hydrogen) atoms. The summed E-state index contributed by atoms with van der Waals surface area (Å²) in [7, 11) is -0.682. The van der Waals surface area contributed by atoms with Crippen molar-refractivity contribution in [3.63, 3.8) is 0 Å². The van der Waals surface area contributed by atoms with Gasteiger partial charge in [0.2, 0.25) is 21.7 Å². The van der Waals surface area contributed by atoms with Gasteiger partial charge in [-0.1, -0.05) is 28.9 Å². The van der Waals surface area contributed by atoms with E-state index in [1.54, 1.807) is 25.3 Å². The molecule has 1 aromatic heterocycles. The van der Waals surface area contributed by atoms with Gasteiger partial charge in [-0.05, 0) is 36.4 Å². The monoisotopic (exact) mass is 393 g/mol. The molecule has 0 radical (unpaired) electrons. The SMILES string of the molecule is COc1cccc(-c2noc(CN(C)S(=O)(=O)c3ccc(Cl)cc3)n2)c1. The minimum atomic E-state index is -3.69. The molecule has 0 aliphatic rings. The fraction of sp³-hybridized carbons (Fsp3) is 0.176. The van der Waals surface area contributed by atoms with E-state index in [2.05, 4.69) is 10.1 Å². The first kappa shape index (κ1) is 18.4. The lowest BCUT2D eigenvalue weighted by molar-refractivity contribution is 0.336. The Morgan fingerprint density at radius 2 is 1.92 bits per heavy atom. The summed E-state index contributed by atoms with van der Waals surface area (Å²) in [5.41, 5.74) is 0.711. The fourth-order valence-electron chi connectivity index (χ4n) is 2.26. The third-order valence-electron chi connectivity index (χ3n) is 3.68. The number of benzene rings is 2. The van der Waals surface area contributed by atoms with Gasteiger partial charge in [0.05, 0.1) is 18.6 Å². The van der Waals surface area contributed by atoms with E-state index in [4.69, 9.17) is 20.9 Å². The summed E-state index contributed by atoms with van der Waals surface area (Å²) in [6.45, 7) is -0.0536. The number of hydrogen-bond donors (Lipinski definition) is 0. The number of aromatic nitrogens is 2. The average Bonchev–Trinajstić information content (AvgIpc) is 3.10. The van der Waals surface area contributed by atoms with Crippen LogP contribution in [0.15, 0.2) is 57.9 Å². The van der Waals surface area contributed by atoms with Gasteiger partial charge < -0.3 is 9.26 Å². The Hall–Kier alpha value is -2.42. The highest BCUT2D eigenvalue weighted by Crippen LogP contribution is 2.23. The standard InChI is InChI=1S/C17H16ClN3O4S/c1-21(26(22,23)15-8-6-13(18)7-9-15)11-16-19-17(20-25-16)12-4-3-5-14(10-12)24-2/h3-10H,11H2,1-2H3. The van der Waals surface area contributed by atoms with E-state index in [0.717, 1.165) is 4.31 Å². The van der Waals surface area contributed by atoms with Crippen LogP contribution in [0.4, 0.5) is 0 Å². The van der Waals surface area contributed by atoms with E-state index in [1.807, 2.05) is 6.07 Å². The molecular weight excluding hydrogens is 378 g/mol. The van der Waals surface area contributed by atoms with Crippen molar-refractivity contribution in [3.05, 3.63) is 59.4 Å². The van der Waals surface area contributed by atoms with Gasteiger partial charge in [0, 0.05) is 17.6 Å². The minimum Gasteiger partial charge on any atom is -0.497 e. The molecule has 3 rings (SSSR count). The zero-order valence-corrected chi connectivity index (χ0v) is 15.7. The first-order chi connectivity index (χ1) is 12.4. The van der Waals surface area contributed by atoms with Crippen LogP contribution in [-0.2, 0) is 16.6 Å². The van der Waals surface area contributed by atoms with Crippen LogP contribution in [0, 0.1) is 0 Å². The molecule has 9 heteroatoms. The highest BCUT2D eigenvalue weighted by Gasteiger charge is 2.23. The highest BCUT2D eigenvalue weighted by molar-refractivity contribution is 7.89. The topological polar surface area (TPSA) is 85.5 Å². The molecule has 0 saturated carbocycles. The van der Waals surface area contributed by atoms with Crippen molar-refractivity contribution in [2.45, 2.75) is 11.4 Å².